The van der Waals surface area contributed by atoms with E-state index < -0.39 is 49.8 Å². The maximum atomic E-state index is 15.3. The van der Waals surface area contributed by atoms with Gasteiger partial charge < -0.3 is 28.0 Å². The number of ether oxygens (including phenoxy) is 4. The van der Waals surface area contributed by atoms with E-state index in [9.17, 15) is 14.9 Å². The highest BCUT2D eigenvalue weighted by atomic mass is 31.2. The molecule has 0 bridgehead atoms. The van der Waals surface area contributed by atoms with E-state index in [1.54, 1.807) is 44.6 Å². The number of aromatic nitrogens is 2. The number of nitrogens with zero attached hydrogens (tertiary/aromatic N) is 4. The van der Waals surface area contributed by atoms with Crippen molar-refractivity contribution < 1.29 is 37.6 Å². The highest BCUT2D eigenvalue weighted by molar-refractivity contribution is 7.44. The van der Waals surface area contributed by atoms with Crippen LogP contribution in [-0.2, 0) is 24.1 Å². The molecule has 9 rings (SSSR count). The number of benzene rings is 6. The number of carbonyl (C=O) groups is 2. The number of hydrogen-bond acceptors (Lipinski definition) is 12. The van der Waals surface area contributed by atoms with Gasteiger partial charge in [-0.1, -0.05) is 121 Å². The topological polar surface area (TPSA) is 178 Å². The molecule has 15 nitrogen and oxygen atoms in total. The minimum absolute atomic E-state index is 0.00630. The molecule has 1 saturated heterocycles. The number of H-pyrrole nitrogens is 1. The predicted molar refractivity (Wildman–Crippen MR) is 296 cm³/mol. The molecule has 6 aromatic carbocycles. The summed E-state index contributed by atoms with van der Waals surface area (Å²) in [6, 6.07) is 51.0. The standard InChI is InChI=1S/C61H63N6O9P/c1-40(2)67(41(3)4)77(75-35-17-34-62)76-55-37-66(60(70)73-38-53-50-24-15-13-22-48(50)49-23-14-16-25-51(49)53)56(52-36-63-59(65-58(52)69)64-57(68)42-18-9-7-10-19-42)54(55)39-74-61(43-20-11-8-12-21-43,44-26-30-46(71-5)31-27-44)45-28-32-47(72-6)33-29-45/h7-16,18-33,36,40-41,53-56H,17,35,37-39H2,1-6H3,(H2,63,64,65,68,69)/t54-,55+,56-,77?/m0/s1. The van der Waals surface area contributed by atoms with Crippen LogP contribution in [0.3, 0.4) is 0 Å². The van der Waals surface area contributed by atoms with Crippen LogP contribution in [0.1, 0.15) is 89.8 Å². The number of hydrogen-bond donors (Lipinski definition) is 2. The number of carbonyl (C=O) groups excluding carboxylic acids is 2. The van der Waals surface area contributed by atoms with Crippen LogP contribution in [0.4, 0.5) is 10.7 Å². The van der Waals surface area contributed by atoms with Crippen molar-refractivity contribution >= 4 is 26.5 Å². The van der Waals surface area contributed by atoms with Gasteiger partial charge in [-0.3, -0.25) is 24.8 Å². The van der Waals surface area contributed by atoms with Crippen molar-refractivity contribution in [2.45, 2.75) is 69.9 Å². The molecule has 0 radical (unpaired) electrons. The fraction of sp³-hybridized carbons (Fsp3) is 0.295. The third-order valence-electron chi connectivity index (χ3n) is 14.1. The molecular weight excluding hydrogens is 992 g/mol. The maximum Gasteiger partial charge on any atom is 0.410 e. The minimum Gasteiger partial charge on any atom is -0.497 e. The van der Waals surface area contributed by atoms with Crippen LogP contribution in [0.25, 0.3) is 11.1 Å². The second kappa shape index (κ2) is 24.5. The molecule has 4 atom stereocenters. The number of rotatable bonds is 21. The van der Waals surface area contributed by atoms with Crippen molar-refractivity contribution in [2.75, 3.05) is 45.9 Å². The molecule has 0 spiro atoms. The summed E-state index contributed by atoms with van der Waals surface area (Å²) in [4.78, 5) is 52.5. The molecule has 2 heterocycles. The van der Waals surface area contributed by atoms with Crippen LogP contribution in [0.5, 0.6) is 11.5 Å². The zero-order valence-electron chi connectivity index (χ0n) is 44.0. The zero-order chi connectivity index (χ0) is 54.1. The van der Waals surface area contributed by atoms with E-state index in [0.29, 0.717) is 17.1 Å². The lowest BCUT2D eigenvalue weighted by Gasteiger charge is -2.39. The minimum atomic E-state index is -1.91. The summed E-state index contributed by atoms with van der Waals surface area (Å²) in [6.45, 7) is 8.12. The van der Waals surface area contributed by atoms with E-state index in [0.717, 1.165) is 38.9 Å². The van der Waals surface area contributed by atoms with Gasteiger partial charge in [0.25, 0.3) is 20.0 Å². The molecule has 16 heteroatoms. The monoisotopic (exact) mass is 1050 g/mol. The fourth-order valence-corrected chi connectivity index (χ4v) is 12.4. The number of methoxy groups -OCH3 is 2. The van der Waals surface area contributed by atoms with Crippen LogP contribution < -0.4 is 20.3 Å². The smallest absolute Gasteiger partial charge is 0.410 e. The van der Waals surface area contributed by atoms with Crippen molar-refractivity contribution in [3.63, 3.8) is 0 Å². The van der Waals surface area contributed by atoms with Gasteiger partial charge >= 0.3 is 6.09 Å². The summed E-state index contributed by atoms with van der Waals surface area (Å²) < 4.78 is 41.3. The number of likely N-dealkylation sites (tertiary alicyclic amines) is 1. The summed E-state index contributed by atoms with van der Waals surface area (Å²) in [5, 5.41) is 12.4. The van der Waals surface area contributed by atoms with Crippen molar-refractivity contribution in [3.8, 4) is 28.7 Å². The molecule has 2 aliphatic rings. The van der Waals surface area contributed by atoms with Crippen molar-refractivity contribution in [3.05, 3.63) is 213 Å². The maximum absolute atomic E-state index is 15.3. The Morgan fingerprint density at radius 2 is 1.30 bits per heavy atom. The third-order valence-corrected chi connectivity index (χ3v) is 16.3. The van der Waals surface area contributed by atoms with Gasteiger partial charge in [0.2, 0.25) is 5.95 Å². The van der Waals surface area contributed by atoms with Gasteiger partial charge in [0.15, 0.2) is 0 Å². The lowest BCUT2D eigenvalue weighted by atomic mass is 9.79. The van der Waals surface area contributed by atoms with Gasteiger partial charge in [-0.15, -0.1) is 0 Å². The van der Waals surface area contributed by atoms with Crippen molar-refractivity contribution in [2.24, 2.45) is 5.92 Å². The first-order valence-electron chi connectivity index (χ1n) is 25.8. The lowest BCUT2D eigenvalue weighted by molar-refractivity contribution is -0.0320. The summed E-state index contributed by atoms with van der Waals surface area (Å²) in [5.41, 5.74) is 5.10. The zero-order valence-corrected chi connectivity index (χ0v) is 44.9. The van der Waals surface area contributed by atoms with Gasteiger partial charge in [-0.2, -0.15) is 5.26 Å². The van der Waals surface area contributed by atoms with E-state index >= 15 is 4.79 Å². The summed E-state index contributed by atoms with van der Waals surface area (Å²) in [6.07, 6.45) is -0.0462. The van der Waals surface area contributed by atoms with Crippen LogP contribution >= 0.6 is 8.53 Å². The highest BCUT2D eigenvalue weighted by Crippen LogP contribution is 2.53. The van der Waals surface area contributed by atoms with Gasteiger partial charge in [0.1, 0.15) is 23.7 Å². The highest BCUT2D eigenvalue weighted by Gasteiger charge is 2.51. The number of aromatic amines is 1. The van der Waals surface area contributed by atoms with Crippen LogP contribution in [0.2, 0.25) is 0 Å². The molecule has 0 saturated carbocycles. The average Bonchev–Trinajstić information content (AvgIpc) is 3.99. The molecule has 2 amide bonds. The average molecular weight is 1060 g/mol. The van der Waals surface area contributed by atoms with E-state index in [2.05, 4.69) is 78.0 Å². The third kappa shape index (κ3) is 11.5. The molecule has 396 valence electrons. The molecular formula is C61H63N6O9P. The number of fused-ring (bicyclic) bond motifs is 3. The predicted octanol–water partition coefficient (Wildman–Crippen LogP) is 11.6. The fourth-order valence-electron chi connectivity index (χ4n) is 10.6. The Morgan fingerprint density at radius 1 is 0.753 bits per heavy atom. The Labute approximate surface area is 450 Å². The Balaban J connectivity index is 1.18. The number of amides is 2. The first-order valence-corrected chi connectivity index (χ1v) is 26.9. The van der Waals surface area contributed by atoms with Gasteiger partial charge in [0, 0.05) is 35.7 Å². The van der Waals surface area contributed by atoms with Gasteiger partial charge in [-0.25, -0.2) is 14.4 Å². The van der Waals surface area contributed by atoms with Crippen molar-refractivity contribution in [1.82, 2.24) is 19.5 Å². The van der Waals surface area contributed by atoms with Crippen LogP contribution in [0.15, 0.2) is 169 Å². The number of nitriles is 1. The van der Waals surface area contributed by atoms with E-state index in [4.69, 9.17) is 28.0 Å². The molecule has 1 unspecified atom stereocenters. The van der Waals surface area contributed by atoms with Crippen molar-refractivity contribution in [1.29, 1.82) is 5.26 Å². The summed E-state index contributed by atoms with van der Waals surface area (Å²) in [7, 11) is 1.32. The van der Waals surface area contributed by atoms with Gasteiger partial charge in [0.05, 0.1) is 64.2 Å². The Bertz CT molecular complexity index is 3130. The summed E-state index contributed by atoms with van der Waals surface area (Å²) >= 11 is 0. The molecule has 77 heavy (non-hydrogen) atoms. The molecule has 1 aliphatic heterocycles. The number of nitrogens with one attached hydrogen (secondary N) is 2. The van der Waals surface area contributed by atoms with E-state index in [1.165, 1.54) is 11.1 Å². The number of anilines is 1. The van der Waals surface area contributed by atoms with E-state index in [1.807, 2.05) is 103 Å². The lowest BCUT2D eigenvalue weighted by Crippen LogP contribution is -2.40. The quantitative estimate of drug-likeness (QED) is 0.0396. The first-order chi connectivity index (χ1) is 37.4. The van der Waals surface area contributed by atoms with Gasteiger partial charge in [-0.05, 0) is 103 Å². The molecule has 1 aliphatic carbocycles. The molecule has 2 N–H and O–H groups in total. The molecule has 1 fully saturated rings. The first kappa shape index (κ1) is 54.1. The largest absolute Gasteiger partial charge is 0.497 e. The molecule has 1 aromatic heterocycles. The Hall–Kier alpha value is -7.70. The molecule has 7 aromatic rings. The Morgan fingerprint density at radius 3 is 1.84 bits per heavy atom. The SMILES string of the molecule is COc1ccc(C(OC[C@H]2[C@H](OP(OCCC#N)N(C(C)C)C(C)C)CN(C(=O)OCC3c4ccccc4-c4ccccc43)[C@H]2c2cnc(NC(=O)c3ccccc3)[nH]c2=O)(c2ccccc2)c2ccc(OC)cc2)cc1. The van der Waals surface area contributed by atoms with Crippen LogP contribution in [-0.4, -0.2) is 90.3 Å². The van der Waals surface area contributed by atoms with Crippen LogP contribution in [0, 0.1) is 17.2 Å². The second-order valence-corrected chi connectivity index (χ2v) is 20.8. The second-order valence-electron chi connectivity index (χ2n) is 19.4. The summed E-state index contributed by atoms with van der Waals surface area (Å²) in [5.74, 6) is -0.347. The normalized spacial score (nSPS) is 16.5. The van der Waals surface area contributed by atoms with E-state index in [-0.39, 0.29) is 62.3 Å². The Kier molecular flexibility index (Phi) is 17.2.